The number of benzene rings is 1. The lowest BCUT2D eigenvalue weighted by atomic mass is 10.2. The monoisotopic (exact) mass is 318 g/mol. The fourth-order valence-corrected chi connectivity index (χ4v) is 1.57. The molecule has 3 nitrogen and oxygen atoms in total. The molecule has 1 unspecified atom stereocenters. The van der Waals surface area contributed by atoms with Crippen molar-refractivity contribution in [2.24, 2.45) is 0 Å². The fraction of sp³-hybridized carbons (Fsp3) is 0.364. The first-order valence-corrected chi connectivity index (χ1v) is 5.86. The highest BCUT2D eigenvalue weighted by atomic mass is 127. The van der Waals surface area contributed by atoms with Crippen molar-refractivity contribution in [3.63, 3.8) is 0 Å². The van der Waals surface area contributed by atoms with Crippen molar-refractivity contribution in [3.05, 3.63) is 27.3 Å². The SMILES string of the molecule is CNC(C)C(=O)Nc1ccc(C)c(I)c1. The number of likely N-dealkylation sites (N-methyl/N-ethyl adjacent to an activating group) is 1. The Bertz CT molecular complexity index is 366. The number of carbonyl (C=O) groups is 1. The molecule has 0 aliphatic heterocycles. The molecule has 0 aromatic heterocycles. The van der Waals surface area contributed by atoms with Gasteiger partial charge < -0.3 is 10.6 Å². The Morgan fingerprint density at radius 1 is 1.47 bits per heavy atom. The van der Waals surface area contributed by atoms with Gasteiger partial charge in [0.15, 0.2) is 0 Å². The second-order valence-corrected chi connectivity index (χ2v) is 4.63. The van der Waals surface area contributed by atoms with Crippen LogP contribution in [0.5, 0.6) is 0 Å². The summed E-state index contributed by atoms with van der Waals surface area (Å²) in [6.07, 6.45) is 0. The number of anilines is 1. The van der Waals surface area contributed by atoms with Crippen LogP contribution in [-0.2, 0) is 4.79 Å². The van der Waals surface area contributed by atoms with Crippen molar-refractivity contribution >= 4 is 34.2 Å². The van der Waals surface area contributed by atoms with E-state index in [0.29, 0.717) is 0 Å². The number of hydrogen-bond acceptors (Lipinski definition) is 2. The van der Waals surface area contributed by atoms with Crippen LogP contribution in [0.3, 0.4) is 0 Å². The maximum absolute atomic E-state index is 11.6. The number of halogens is 1. The van der Waals surface area contributed by atoms with Crippen molar-refractivity contribution in [1.82, 2.24) is 5.32 Å². The van der Waals surface area contributed by atoms with Gasteiger partial charge in [-0.05, 0) is 61.2 Å². The van der Waals surface area contributed by atoms with Crippen LogP contribution in [0.15, 0.2) is 18.2 Å². The van der Waals surface area contributed by atoms with Gasteiger partial charge in [0, 0.05) is 9.26 Å². The largest absolute Gasteiger partial charge is 0.325 e. The lowest BCUT2D eigenvalue weighted by molar-refractivity contribution is -0.117. The first kappa shape index (κ1) is 12.4. The minimum Gasteiger partial charge on any atom is -0.325 e. The molecular weight excluding hydrogens is 303 g/mol. The Morgan fingerprint density at radius 2 is 2.13 bits per heavy atom. The highest BCUT2D eigenvalue weighted by molar-refractivity contribution is 14.1. The summed E-state index contributed by atoms with van der Waals surface area (Å²) in [7, 11) is 1.77. The van der Waals surface area contributed by atoms with E-state index in [1.165, 1.54) is 5.56 Å². The van der Waals surface area contributed by atoms with Crippen molar-refractivity contribution in [2.75, 3.05) is 12.4 Å². The van der Waals surface area contributed by atoms with Crippen LogP contribution >= 0.6 is 22.6 Å². The Kier molecular flexibility index (Phi) is 4.53. The summed E-state index contributed by atoms with van der Waals surface area (Å²) >= 11 is 2.26. The number of nitrogens with one attached hydrogen (secondary N) is 2. The zero-order valence-electron chi connectivity index (χ0n) is 9.10. The van der Waals surface area contributed by atoms with Crippen molar-refractivity contribution in [2.45, 2.75) is 19.9 Å². The molecule has 1 rings (SSSR count). The van der Waals surface area contributed by atoms with Crippen LogP contribution in [-0.4, -0.2) is 19.0 Å². The molecule has 1 amide bonds. The quantitative estimate of drug-likeness (QED) is 0.839. The average molecular weight is 318 g/mol. The van der Waals surface area contributed by atoms with Crippen LogP contribution in [0, 0.1) is 10.5 Å². The molecule has 0 aliphatic rings. The fourth-order valence-electron chi connectivity index (χ4n) is 1.05. The summed E-state index contributed by atoms with van der Waals surface area (Å²) in [4.78, 5) is 11.6. The third kappa shape index (κ3) is 3.46. The van der Waals surface area contributed by atoms with Crippen LogP contribution in [0.2, 0.25) is 0 Å². The van der Waals surface area contributed by atoms with E-state index < -0.39 is 0 Å². The third-order valence-corrected chi connectivity index (χ3v) is 3.43. The van der Waals surface area contributed by atoms with Gasteiger partial charge in [0.1, 0.15) is 0 Å². The first-order valence-electron chi connectivity index (χ1n) is 4.79. The van der Waals surface area contributed by atoms with E-state index >= 15 is 0 Å². The van der Waals surface area contributed by atoms with Crippen molar-refractivity contribution in [3.8, 4) is 0 Å². The molecule has 0 fully saturated rings. The number of hydrogen-bond donors (Lipinski definition) is 2. The molecule has 0 aliphatic carbocycles. The summed E-state index contributed by atoms with van der Waals surface area (Å²) in [5.74, 6) is -0.0165. The molecule has 1 aromatic rings. The lowest BCUT2D eigenvalue weighted by Gasteiger charge is -2.11. The molecule has 15 heavy (non-hydrogen) atoms. The van der Waals surface area contributed by atoms with Gasteiger partial charge in [0.05, 0.1) is 6.04 Å². The predicted octanol–water partition coefficient (Wildman–Crippen LogP) is 2.15. The van der Waals surface area contributed by atoms with E-state index in [4.69, 9.17) is 0 Å². The van der Waals surface area contributed by atoms with Crippen molar-refractivity contribution < 1.29 is 4.79 Å². The van der Waals surface area contributed by atoms with Gasteiger partial charge in [0.25, 0.3) is 0 Å². The number of rotatable bonds is 3. The van der Waals surface area contributed by atoms with Gasteiger partial charge in [-0.2, -0.15) is 0 Å². The number of aryl methyl sites for hydroxylation is 1. The second kappa shape index (κ2) is 5.46. The summed E-state index contributed by atoms with van der Waals surface area (Å²) in [6, 6.07) is 5.71. The summed E-state index contributed by atoms with van der Waals surface area (Å²) in [5, 5.41) is 5.75. The van der Waals surface area contributed by atoms with E-state index in [9.17, 15) is 4.79 Å². The molecule has 0 saturated carbocycles. The molecule has 0 radical (unpaired) electrons. The van der Waals surface area contributed by atoms with E-state index in [1.807, 2.05) is 32.0 Å². The molecule has 0 bridgehead atoms. The minimum atomic E-state index is -0.177. The number of amides is 1. The summed E-state index contributed by atoms with van der Waals surface area (Å²) in [5.41, 5.74) is 2.06. The van der Waals surface area contributed by atoms with Crippen molar-refractivity contribution in [1.29, 1.82) is 0 Å². The van der Waals surface area contributed by atoms with Gasteiger partial charge in [-0.1, -0.05) is 6.07 Å². The van der Waals surface area contributed by atoms with E-state index in [0.717, 1.165) is 9.26 Å². The second-order valence-electron chi connectivity index (χ2n) is 3.46. The molecule has 0 saturated heterocycles. The Morgan fingerprint density at radius 3 is 2.67 bits per heavy atom. The highest BCUT2D eigenvalue weighted by Crippen LogP contribution is 2.17. The molecule has 82 valence electrons. The van der Waals surface area contributed by atoms with Gasteiger partial charge in [-0.3, -0.25) is 4.79 Å². The molecular formula is C11H15IN2O. The predicted molar refractivity (Wildman–Crippen MR) is 71.0 cm³/mol. The molecule has 4 heteroatoms. The van der Waals surface area contributed by atoms with Crippen LogP contribution in [0.1, 0.15) is 12.5 Å². The van der Waals surface area contributed by atoms with Crippen LogP contribution in [0.4, 0.5) is 5.69 Å². The topological polar surface area (TPSA) is 41.1 Å². The zero-order chi connectivity index (χ0) is 11.4. The molecule has 2 N–H and O–H groups in total. The van der Waals surface area contributed by atoms with Gasteiger partial charge in [0.2, 0.25) is 5.91 Å². The maximum Gasteiger partial charge on any atom is 0.241 e. The molecule has 1 atom stereocenters. The normalized spacial score (nSPS) is 12.3. The van der Waals surface area contributed by atoms with Crippen LogP contribution < -0.4 is 10.6 Å². The zero-order valence-corrected chi connectivity index (χ0v) is 11.3. The van der Waals surface area contributed by atoms with Crippen LogP contribution in [0.25, 0.3) is 0 Å². The summed E-state index contributed by atoms with van der Waals surface area (Å²) in [6.45, 7) is 3.87. The Balaban J connectivity index is 2.73. The van der Waals surface area contributed by atoms with E-state index in [1.54, 1.807) is 7.05 Å². The van der Waals surface area contributed by atoms with Gasteiger partial charge in [-0.15, -0.1) is 0 Å². The molecule has 1 aromatic carbocycles. The van der Waals surface area contributed by atoms with Gasteiger partial charge >= 0.3 is 0 Å². The molecule has 0 heterocycles. The maximum atomic E-state index is 11.6. The average Bonchev–Trinajstić information content (AvgIpc) is 2.22. The Hall–Kier alpha value is -0.620. The minimum absolute atomic E-state index is 0.0165. The Labute approximate surface area is 104 Å². The standard InChI is InChI=1S/C11H15IN2O/c1-7-4-5-9(6-10(7)12)14-11(15)8(2)13-3/h4-6,8,13H,1-3H3,(H,14,15). The number of carbonyl (C=O) groups excluding carboxylic acids is 1. The smallest absolute Gasteiger partial charge is 0.241 e. The highest BCUT2D eigenvalue weighted by Gasteiger charge is 2.10. The van der Waals surface area contributed by atoms with Gasteiger partial charge in [-0.25, -0.2) is 0 Å². The van der Waals surface area contributed by atoms with E-state index in [-0.39, 0.29) is 11.9 Å². The lowest BCUT2D eigenvalue weighted by Crippen LogP contribution is -2.35. The summed E-state index contributed by atoms with van der Waals surface area (Å²) < 4.78 is 1.16. The van der Waals surface area contributed by atoms with E-state index in [2.05, 4.69) is 33.2 Å². The third-order valence-electron chi connectivity index (χ3n) is 2.27. The molecule has 0 spiro atoms. The first-order chi connectivity index (χ1) is 7.04.